The number of ether oxygens (including phenoxy) is 1. The third kappa shape index (κ3) is 8.80. The average Bonchev–Trinajstić information content (AvgIpc) is 2.87. The minimum atomic E-state index is -0.181. The van der Waals surface area contributed by atoms with Crippen molar-refractivity contribution in [3.63, 3.8) is 0 Å². The summed E-state index contributed by atoms with van der Waals surface area (Å²) >= 11 is 0. The van der Waals surface area contributed by atoms with E-state index in [9.17, 15) is 9.59 Å². The molecule has 1 unspecified atom stereocenters. The molecule has 0 saturated carbocycles. The van der Waals surface area contributed by atoms with Gasteiger partial charge in [0.1, 0.15) is 0 Å². The van der Waals surface area contributed by atoms with Gasteiger partial charge in [-0.25, -0.2) is 0 Å². The molecular weight excluding hydrogens is 270 g/mol. The predicted octanol–water partition coefficient (Wildman–Crippen LogP) is -0.181. The lowest BCUT2D eigenvalue weighted by atomic mass is 10.1. The first-order valence-electron chi connectivity index (χ1n) is 6.48. The van der Waals surface area contributed by atoms with Crippen molar-refractivity contribution in [3.8, 4) is 0 Å². The Morgan fingerprint density at radius 3 is 2.74 bits per heavy atom. The van der Waals surface area contributed by atoms with Gasteiger partial charge in [-0.3, -0.25) is 9.59 Å². The number of nitrogens with one attached hydrogen (secondary N) is 3. The van der Waals surface area contributed by atoms with Crippen LogP contribution >= 0.6 is 12.4 Å². The highest BCUT2D eigenvalue weighted by Crippen LogP contribution is 2.10. The quantitative estimate of drug-likeness (QED) is 0.543. The number of carbonyl (C=O) groups is 2. The highest BCUT2D eigenvalue weighted by atomic mass is 35.5. The van der Waals surface area contributed by atoms with E-state index in [1.165, 1.54) is 6.42 Å². The van der Waals surface area contributed by atoms with Crippen molar-refractivity contribution >= 4 is 24.2 Å². The zero-order valence-corrected chi connectivity index (χ0v) is 12.2. The van der Waals surface area contributed by atoms with Gasteiger partial charge in [0.05, 0.1) is 13.2 Å². The Bertz CT molecular complexity index is 271. The molecule has 1 fully saturated rings. The SMILES string of the molecule is COCCNC(=O)CNC(=O)CCC1CCCN1.Cl. The summed E-state index contributed by atoms with van der Waals surface area (Å²) in [4.78, 5) is 22.8. The van der Waals surface area contributed by atoms with E-state index in [0.29, 0.717) is 25.6 Å². The number of hydrogen-bond acceptors (Lipinski definition) is 4. The molecule has 1 heterocycles. The summed E-state index contributed by atoms with van der Waals surface area (Å²) in [6, 6.07) is 0.464. The zero-order valence-electron chi connectivity index (χ0n) is 11.4. The zero-order chi connectivity index (χ0) is 13.2. The predicted molar refractivity (Wildman–Crippen MR) is 75.4 cm³/mol. The van der Waals surface area contributed by atoms with E-state index in [2.05, 4.69) is 16.0 Å². The van der Waals surface area contributed by atoms with Crippen LogP contribution in [0.15, 0.2) is 0 Å². The van der Waals surface area contributed by atoms with Gasteiger partial charge in [-0.15, -0.1) is 12.4 Å². The van der Waals surface area contributed by atoms with Gasteiger partial charge in [0, 0.05) is 26.1 Å². The second-order valence-corrected chi connectivity index (χ2v) is 4.45. The minimum absolute atomic E-state index is 0. The fourth-order valence-electron chi connectivity index (χ4n) is 1.93. The lowest BCUT2D eigenvalue weighted by molar-refractivity contribution is -0.126. The third-order valence-corrected chi connectivity index (χ3v) is 2.96. The second kappa shape index (κ2) is 11.0. The maximum Gasteiger partial charge on any atom is 0.239 e. The molecule has 112 valence electrons. The fourth-order valence-corrected chi connectivity index (χ4v) is 1.93. The molecule has 0 spiro atoms. The summed E-state index contributed by atoms with van der Waals surface area (Å²) in [5.41, 5.74) is 0. The van der Waals surface area contributed by atoms with Crippen LogP contribution in [-0.4, -0.2) is 51.2 Å². The monoisotopic (exact) mass is 293 g/mol. The molecule has 2 amide bonds. The molecule has 0 aliphatic carbocycles. The van der Waals surface area contributed by atoms with Crippen molar-refractivity contribution in [1.29, 1.82) is 0 Å². The second-order valence-electron chi connectivity index (χ2n) is 4.45. The minimum Gasteiger partial charge on any atom is -0.383 e. The van der Waals surface area contributed by atoms with Gasteiger partial charge in [0.15, 0.2) is 0 Å². The maximum absolute atomic E-state index is 11.5. The third-order valence-electron chi connectivity index (χ3n) is 2.96. The van der Waals surface area contributed by atoms with Crippen molar-refractivity contribution in [2.45, 2.75) is 31.7 Å². The first-order valence-corrected chi connectivity index (χ1v) is 6.48. The number of hydrogen-bond donors (Lipinski definition) is 3. The topological polar surface area (TPSA) is 79.5 Å². The van der Waals surface area contributed by atoms with Crippen molar-refractivity contribution in [2.75, 3.05) is 33.4 Å². The molecule has 1 atom stereocenters. The Balaban J connectivity index is 0.00000324. The lowest BCUT2D eigenvalue weighted by Gasteiger charge is -2.10. The van der Waals surface area contributed by atoms with E-state index >= 15 is 0 Å². The average molecular weight is 294 g/mol. The van der Waals surface area contributed by atoms with Gasteiger partial charge in [-0.2, -0.15) is 0 Å². The van der Waals surface area contributed by atoms with Crippen LogP contribution in [0.3, 0.4) is 0 Å². The van der Waals surface area contributed by atoms with E-state index in [1.54, 1.807) is 7.11 Å². The fraction of sp³-hybridized carbons (Fsp3) is 0.833. The Morgan fingerprint density at radius 1 is 1.32 bits per heavy atom. The van der Waals surface area contributed by atoms with Gasteiger partial charge in [0.2, 0.25) is 11.8 Å². The largest absolute Gasteiger partial charge is 0.383 e. The lowest BCUT2D eigenvalue weighted by Crippen LogP contribution is -2.38. The van der Waals surface area contributed by atoms with Crippen LogP contribution in [0.4, 0.5) is 0 Å². The molecule has 0 aromatic rings. The van der Waals surface area contributed by atoms with Crippen LogP contribution < -0.4 is 16.0 Å². The van der Waals surface area contributed by atoms with Crippen LogP contribution in [0.25, 0.3) is 0 Å². The van der Waals surface area contributed by atoms with Gasteiger partial charge in [-0.1, -0.05) is 0 Å². The van der Waals surface area contributed by atoms with Gasteiger partial charge in [-0.05, 0) is 25.8 Å². The van der Waals surface area contributed by atoms with Gasteiger partial charge in [0.25, 0.3) is 0 Å². The normalized spacial score (nSPS) is 17.6. The van der Waals surface area contributed by atoms with Crippen LogP contribution in [-0.2, 0) is 14.3 Å². The van der Waals surface area contributed by atoms with Crippen molar-refractivity contribution in [2.24, 2.45) is 0 Å². The molecule has 0 aromatic heterocycles. The van der Waals surface area contributed by atoms with Crippen molar-refractivity contribution in [3.05, 3.63) is 0 Å². The molecule has 1 rings (SSSR count). The van der Waals surface area contributed by atoms with Crippen molar-refractivity contribution < 1.29 is 14.3 Å². The summed E-state index contributed by atoms with van der Waals surface area (Å²) < 4.78 is 4.80. The molecule has 6 nitrogen and oxygen atoms in total. The molecule has 1 saturated heterocycles. The number of methoxy groups -OCH3 is 1. The number of halogens is 1. The van der Waals surface area contributed by atoms with E-state index < -0.39 is 0 Å². The molecule has 1 aliphatic heterocycles. The highest BCUT2D eigenvalue weighted by Gasteiger charge is 2.15. The molecule has 19 heavy (non-hydrogen) atoms. The number of carbonyl (C=O) groups excluding carboxylic acids is 2. The molecular formula is C12H24ClN3O3. The smallest absolute Gasteiger partial charge is 0.239 e. The van der Waals surface area contributed by atoms with E-state index in [0.717, 1.165) is 19.4 Å². The summed E-state index contributed by atoms with van der Waals surface area (Å²) in [5, 5.41) is 8.60. The van der Waals surface area contributed by atoms with Gasteiger partial charge < -0.3 is 20.7 Å². The Kier molecular flexibility index (Phi) is 10.5. The van der Waals surface area contributed by atoms with Crippen LogP contribution in [0.1, 0.15) is 25.7 Å². The highest BCUT2D eigenvalue weighted by molar-refractivity contribution is 5.85. The molecule has 0 aromatic carbocycles. The summed E-state index contributed by atoms with van der Waals surface area (Å²) in [7, 11) is 1.57. The van der Waals surface area contributed by atoms with E-state index in [1.807, 2.05) is 0 Å². The van der Waals surface area contributed by atoms with E-state index in [4.69, 9.17) is 4.74 Å². The molecule has 1 aliphatic rings. The number of rotatable bonds is 8. The summed E-state index contributed by atoms with van der Waals surface area (Å²) in [6.45, 7) is 2.04. The van der Waals surface area contributed by atoms with Crippen LogP contribution in [0.2, 0.25) is 0 Å². The standard InChI is InChI=1S/C12H23N3O3.ClH/c1-18-8-7-14-12(17)9-15-11(16)5-4-10-3-2-6-13-10;/h10,13H,2-9H2,1H3,(H,14,17)(H,15,16);1H. The summed E-state index contributed by atoms with van der Waals surface area (Å²) in [6.07, 6.45) is 3.65. The molecule has 0 radical (unpaired) electrons. The maximum atomic E-state index is 11.5. The molecule has 0 bridgehead atoms. The Hall–Kier alpha value is -0.850. The summed E-state index contributed by atoms with van der Waals surface area (Å²) in [5.74, 6) is -0.245. The van der Waals surface area contributed by atoms with Crippen LogP contribution in [0, 0.1) is 0 Å². The Labute approximate surface area is 120 Å². The first kappa shape index (κ1) is 18.1. The first-order chi connectivity index (χ1) is 8.72. The van der Waals surface area contributed by atoms with Gasteiger partial charge >= 0.3 is 0 Å². The Morgan fingerprint density at radius 2 is 2.11 bits per heavy atom. The van der Waals surface area contributed by atoms with Crippen molar-refractivity contribution in [1.82, 2.24) is 16.0 Å². The molecule has 3 N–H and O–H groups in total. The molecule has 7 heteroatoms. The van der Waals surface area contributed by atoms with Crippen LogP contribution in [0.5, 0.6) is 0 Å². The number of amides is 2. The van der Waals surface area contributed by atoms with E-state index in [-0.39, 0.29) is 30.8 Å².